The van der Waals surface area contributed by atoms with Crippen LogP contribution in [0, 0.1) is 0 Å². The van der Waals surface area contributed by atoms with Gasteiger partial charge in [0.05, 0.1) is 6.54 Å². The topological polar surface area (TPSA) is 44.6 Å². The minimum Gasteiger partial charge on any atom is -0.507 e. The van der Waals surface area contributed by atoms with Crippen molar-refractivity contribution in [3.63, 3.8) is 0 Å². The van der Waals surface area contributed by atoms with Crippen LogP contribution < -0.4 is 5.32 Å². The molecule has 0 saturated heterocycles. The molecule has 0 radical (unpaired) electrons. The predicted octanol–water partition coefficient (Wildman–Crippen LogP) is 3.63. The number of aliphatic imine (C=N–C) groups is 1. The molecule has 1 aromatic carbocycles. The number of aromatic hydroxyl groups is 1. The third kappa shape index (κ3) is 4.85. The molecule has 3 heteroatoms. The molecule has 0 fully saturated rings. The molecule has 1 aromatic rings. The molecule has 0 bridgehead atoms. The van der Waals surface area contributed by atoms with Crippen LogP contribution >= 0.6 is 0 Å². The normalized spacial score (nSPS) is 13.1. The molecule has 0 aliphatic rings. The fourth-order valence-electron chi connectivity index (χ4n) is 2.10. The van der Waals surface area contributed by atoms with E-state index >= 15 is 0 Å². The highest BCUT2D eigenvalue weighted by molar-refractivity contribution is 5.85. The van der Waals surface area contributed by atoms with E-state index in [2.05, 4.69) is 57.9 Å². The number of likely N-dealkylation sites (N-methyl/N-ethyl adjacent to an activating group) is 1. The Hall–Kier alpha value is -1.35. The van der Waals surface area contributed by atoms with Crippen molar-refractivity contribution >= 4 is 6.21 Å². The zero-order chi connectivity index (χ0) is 16.3. The lowest BCUT2D eigenvalue weighted by molar-refractivity contribution is 0.444. The zero-order valence-corrected chi connectivity index (χ0v) is 14.5. The zero-order valence-electron chi connectivity index (χ0n) is 14.5. The van der Waals surface area contributed by atoms with Crippen molar-refractivity contribution in [1.82, 2.24) is 5.32 Å². The molecule has 0 spiro atoms. The summed E-state index contributed by atoms with van der Waals surface area (Å²) in [6.45, 7) is 14.5. The third-order valence-corrected chi connectivity index (χ3v) is 3.53. The van der Waals surface area contributed by atoms with Gasteiger partial charge in [-0.3, -0.25) is 4.99 Å². The summed E-state index contributed by atoms with van der Waals surface area (Å²) in [6, 6.07) is 4.17. The van der Waals surface area contributed by atoms with Crippen LogP contribution in [0.15, 0.2) is 17.1 Å². The quantitative estimate of drug-likeness (QED) is 0.657. The van der Waals surface area contributed by atoms with Crippen molar-refractivity contribution in [2.45, 2.75) is 52.4 Å². The van der Waals surface area contributed by atoms with Gasteiger partial charge < -0.3 is 10.4 Å². The summed E-state index contributed by atoms with van der Waals surface area (Å²) in [4.78, 5) is 4.39. The number of phenolic OH excluding ortho intramolecular Hbond substituents is 1. The fourth-order valence-corrected chi connectivity index (χ4v) is 2.10. The Morgan fingerprint density at radius 1 is 1.10 bits per heavy atom. The lowest BCUT2D eigenvalue weighted by Gasteiger charge is -2.27. The predicted molar refractivity (Wildman–Crippen MR) is 91.9 cm³/mol. The molecule has 0 atom stereocenters. The van der Waals surface area contributed by atoms with Crippen LogP contribution in [0.2, 0.25) is 0 Å². The lowest BCUT2D eigenvalue weighted by Crippen LogP contribution is -2.17. The second kappa shape index (κ2) is 6.61. The number of phenols is 1. The van der Waals surface area contributed by atoms with E-state index in [1.54, 1.807) is 6.21 Å². The fraction of sp³-hybridized carbons (Fsp3) is 0.611. The molecule has 2 N–H and O–H groups in total. The van der Waals surface area contributed by atoms with Gasteiger partial charge in [0.2, 0.25) is 0 Å². The lowest BCUT2D eigenvalue weighted by atomic mass is 9.79. The number of hydrogen-bond acceptors (Lipinski definition) is 3. The Labute approximate surface area is 129 Å². The largest absolute Gasteiger partial charge is 0.507 e. The van der Waals surface area contributed by atoms with E-state index in [4.69, 9.17) is 0 Å². The number of nitrogens with zero attached hydrogens (tertiary/aromatic N) is 1. The van der Waals surface area contributed by atoms with Crippen LogP contribution in [0.4, 0.5) is 0 Å². The Kier molecular flexibility index (Phi) is 5.57. The van der Waals surface area contributed by atoms with E-state index in [9.17, 15) is 5.11 Å². The van der Waals surface area contributed by atoms with Gasteiger partial charge in [-0.25, -0.2) is 0 Å². The molecular formula is C18H30N2O. The second-order valence-electron chi connectivity index (χ2n) is 7.60. The Morgan fingerprint density at radius 3 is 2.19 bits per heavy atom. The molecule has 1 rings (SSSR count). The van der Waals surface area contributed by atoms with Crippen LogP contribution in [0.3, 0.4) is 0 Å². The standard InChI is InChI=1S/C18H30N2O/c1-17(2,3)14-10-13(12-20-9-8-19-7)16(21)15(11-14)18(4,5)6/h10-12,19,21H,8-9H2,1-7H3. The molecule has 0 unspecified atom stereocenters. The Bertz CT molecular complexity index is 505. The maximum absolute atomic E-state index is 10.6. The van der Waals surface area contributed by atoms with Crippen LogP contribution in [0.1, 0.15) is 58.2 Å². The number of hydrogen-bond donors (Lipinski definition) is 2. The molecule has 0 heterocycles. The first-order chi connectivity index (χ1) is 9.57. The maximum atomic E-state index is 10.6. The highest BCUT2D eigenvalue weighted by Crippen LogP contribution is 2.36. The Morgan fingerprint density at radius 2 is 1.71 bits per heavy atom. The van der Waals surface area contributed by atoms with E-state index < -0.39 is 0 Å². The average Bonchev–Trinajstić information content (AvgIpc) is 2.33. The van der Waals surface area contributed by atoms with Crippen molar-refractivity contribution in [2.24, 2.45) is 4.99 Å². The number of nitrogens with one attached hydrogen (secondary N) is 1. The molecule has 0 aromatic heterocycles. The highest BCUT2D eigenvalue weighted by atomic mass is 16.3. The molecule has 0 saturated carbocycles. The van der Waals surface area contributed by atoms with Crippen LogP contribution in [-0.2, 0) is 10.8 Å². The molecule has 3 nitrogen and oxygen atoms in total. The van der Waals surface area contributed by atoms with Gasteiger partial charge in [-0.15, -0.1) is 0 Å². The van der Waals surface area contributed by atoms with Gasteiger partial charge in [0.15, 0.2) is 0 Å². The Balaban J connectivity index is 3.32. The summed E-state index contributed by atoms with van der Waals surface area (Å²) in [7, 11) is 1.91. The smallest absolute Gasteiger partial charge is 0.128 e. The van der Waals surface area contributed by atoms with Gasteiger partial charge in [-0.1, -0.05) is 47.6 Å². The average molecular weight is 290 g/mol. The minimum absolute atomic E-state index is 0.0429. The van der Waals surface area contributed by atoms with Gasteiger partial charge in [-0.2, -0.15) is 0 Å². The van der Waals surface area contributed by atoms with Gasteiger partial charge in [0, 0.05) is 23.9 Å². The van der Waals surface area contributed by atoms with Gasteiger partial charge in [0.25, 0.3) is 0 Å². The molecule has 21 heavy (non-hydrogen) atoms. The monoisotopic (exact) mass is 290 g/mol. The summed E-state index contributed by atoms with van der Waals surface area (Å²) < 4.78 is 0. The SMILES string of the molecule is CNCCN=Cc1cc(C(C)(C)C)cc(C(C)(C)C)c1O. The second-order valence-corrected chi connectivity index (χ2v) is 7.60. The highest BCUT2D eigenvalue weighted by Gasteiger charge is 2.24. The first-order valence-corrected chi connectivity index (χ1v) is 7.59. The van der Waals surface area contributed by atoms with Crippen molar-refractivity contribution in [1.29, 1.82) is 0 Å². The van der Waals surface area contributed by atoms with Crippen LogP contribution in [0.5, 0.6) is 5.75 Å². The third-order valence-electron chi connectivity index (χ3n) is 3.53. The number of rotatable bonds is 4. The van der Waals surface area contributed by atoms with Crippen molar-refractivity contribution < 1.29 is 5.11 Å². The number of benzene rings is 1. The molecule has 118 valence electrons. The van der Waals surface area contributed by atoms with Crippen molar-refractivity contribution in [3.05, 3.63) is 28.8 Å². The van der Waals surface area contributed by atoms with Gasteiger partial charge >= 0.3 is 0 Å². The van der Waals surface area contributed by atoms with E-state index in [-0.39, 0.29) is 10.8 Å². The first kappa shape index (κ1) is 17.7. The van der Waals surface area contributed by atoms with Crippen LogP contribution in [-0.4, -0.2) is 31.5 Å². The molecule has 0 amide bonds. The van der Waals surface area contributed by atoms with Crippen LogP contribution in [0.25, 0.3) is 0 Å². The van der Waals surface area contributed by atoms with E-state index in [1.807, 2.05) is 13.1 Å². The van der Waals surface area contributed by atoms with Gasteiger partial charge in [-0.05, 0) is 29.5 Å². The van der Waals surface area contributed by atoms with Crippen molar-refractivity contribution in [2.75, 3.05) is 20.1 Å². The summed E-state index contributed by atoms with van der Waals surface area (Å²) >= 11 is 0. The maximum Gasteiger partial charge on any atom is 0.128 e. The molecule has 0 aliphatic carbocycles. The first-order valence-electron chi connectivity index (χ1n) is 7.59. The van der Waals surface area contributed by atoms with Crippen molar-refractivity contribution in [3.8, 4) is 5.75 Å². The minimum atomic E-state index is -0.0983. The van der Waals surface area contributed by atoms with Gasteiger partial charge in [0.1, 0.15) is 5.75 Å². The van der Waals surface area contributed by atoms with E-state index in [0.29, 0.717) is 12.3 Å². The molecular weight excluding hydrogens is 260 g/mol. The van der Waals surface area contributed by atoms with E-state index in [1.165, 1.54) is 5.56 Å². The summed E-state index contributed by atoms with van der Waals surface area (Å²) in [6.07, 6.45) is 1.79. The molecule has 0 aliphatic heterocycles. The summed E-state index contributed by atoms with van der Waals surface area (Å²) in [5.74, 6) is 0.351. The van der Waals surface area contributed by atoms with E-state index in [0.717, 1.165) is 17.7 Å². The summed E-state index contributed by atoms with van der Waals surface area (Å²) in [5, 5.41) is 13.6. The summed E-state index contributed by atoms with van der Waals surface area (Å²) in [5.41, 5.74) is 2.95.